The van der Waals surface area contributed by atoms with E-state index < -0.39 is 0 Å². The third-order valence-corrected chi connectivity index (χ3v) is 2.42. The summed E-state index contributed by atoms with van der Waals surface area (Å²) in [6.07, 6.45) is 0. The fourth-order valence-corrected chi connectivity index (χ4v) is 1.29. The highest BCUT2D eigenvalue weighted by atomic mass is 35.5. The molecule has 0 atom stereocenters. The molecule has 0 radical (unpaired) electrons. The summed E-state index contributed by atoms with van der Waals surface area (Å²) in [6.45, 7) is 4.09. The van der Waals surface area contributed by atoms with E-state index >= 15 is 0 Å². The van der Waals surface area contributed by atoms with Gasteiger partial charge in [-0.3, -0.25) is 9.48 Å². The maximum Gasteiger partial charge on any atom is 0.327 e. The van der Waals surface area contributed by atoms with Crippen LogP contribution in [0.2, 0.25) is 5.02 Å². The van der Waals surface area contributed by atoms with Crippen LogP contribution in [0.1, 0.15) is 12.6 Å². The van der Waals surface area contributed by atoms with Gasteiger partial charge in [-0.15, -0.1) is 0 Å². The number of hydrogen-bond acceptors (Lipinski definition) is 3. The van der Waals surface area contributed by atoms with Crippen LogP contribution in [0.25, 0.3) is 0 Å². The Hall–Kier alpha value is -0.965. The van der Waals surface area contributed by atoms with Gasteiger partial charge in [0.1, 0.15) is 6.54 Å². The van der Waals surface area contributed by atoms with Gasteiger partial charge in [0.2, 0.25) is 0 Å². The van der Waals surface area contributed by atoms with Gasteiger partial charge < -0.3 is 4.74 Å². The number of ether oxygens (including phenoxy) is 1. The smallest absolute Gasteiger partial charge is 0.327 e. The van der Waals surface area contributed by atoms with Crippen molar-refractivity contribution in [3.63, 3.8) is 0 Å². The van der Waals surface area contributed by atoms with Crippen LogP contribution in [-0.4, -0.2) is 30.2 Å². The van der Waals surface area contributed by atoms with Gasteiger partial charge in [-0.2, -0.15) is 5.10 Å². The molecule has 0 fully saturated rings. The molecule has 0 aliphatic carbocycles. The van der Waals surface area contributed by atoms with Crippen LogP contribution in [0, 0.1) is 6.92 Å². The average molecular weight is 214 g/mol. The number of carbonyl (C=O) groups is 1. The van der Waals surface area contributed by atoms with Gasteiger partial charge >= 0.3 is 5.97 Å². The summed E-state index contributed by atoms with van der Waals surface area (Å²) in [4.78, 5) is 11.2. The second kappa shape index (κ2) is 4.51. The van der Waals surface area contributed by atoms with Crippen LogP contribution in [0.4, 0.5) is 0 Å². The molecule has 0 N–H and O–H groups in total. The number of esters is 1. The normalized spacial score (nSPS) is 10.2. The van der Waals surface area contributed by atoms with Crippen molar-refractivity contribution in [1.82, 2.24) is 9.78 Å². The van der Waals surface area contributed by atoms with Gasteiger partial charge in [0.05, 0.1) is 17.3 Å². The molecule has 0 unspecified atom stereocenters. The number of halogens is 1. The highest BCUT2D eigenvalue weighted by molar-refractivity contribution is 6.44. The number of carbonyl (C=O) groups excluding carboxylic acids is 1. The van der Waals surface area contributed by atoms with E-state index in [0.717, 1.165) is 11.3 Å². The lowest BCUT2D eigenvalue weighted by Crippen LogP contribution is -2.17. The Morgan fingerprint density at radius 3 is 2.79 bits per heavy atom. The minimum atomic E-state index is -0.297. The first-order valence-corrected chi connectivity index (χ1v) is 4.79. The fourth-order valence-electron chi connectivity index (χ4n) is 1.16. The van der Waals surface area contributed by atoms with Crippen molar-refractivity contribution >= 4 is 31.0 Å². The lowest BCUT2D eigenvalue weighted by Gasteiger charge is -2.03. The maximum absolute atomic E-state index is 11.2. The molecule has 76 valence electrons. The summed E-state index contributed by atoms with van der Waals surface area (Å²) in [6, 6.07) is 0. The van der Waals surface area contributed by atoms with Crippen molar-refractivity contribution in [3.05, 3.63) is 10.7 Å². The first kappa shape index (κ1) is 11.1. The van der Waals surface area contributed by atoms with Gasteiger partial charge in [-0.1, -0.05) is 11.6 Å². The molecule has 0 bridgehead atoms. The molecule has 0 aliphatic rings. The van der Waals surface area contributed by atoms with E-state index in [1.807, 2.05) is 6.92 Å². The van der Waals surface area contributed by atoms with E-state index in [4.69, 9.17) is 16.3 Å². The first-order chi connectivity index (χ1) is 6.56. The Labute approximate surface area is 88.6 Å². The van der Waals surface area contributed by atoms with Crippen LogP contribution in [0.5, 0.6) is 0 Å². The average Bonchev–Trinajstić information content (AvgIpc) is 2.34. The molecule has 0 aliphatic heterocycles. The maximum atomic E-state index is 11.2. The number of rotatable bonds is 3. The molecule has 6 heteroatoms. The summed E-state index contributed by atoms with van der Waals surface area (Å²) < 4.78 is 6.36. The summed E-state index contributed by atoms with van der Waals surface area (Å²) in [5, 5.41) is 4.72. The molecule has 1 aromatic rings. The molecular weight excluding hydrogens is 202 g/mol. The van der Waals surface area contributed by atoms with Crippen LogP contribution >= 0.6 is 11.6 Å². The van der Waals surface area contributed by atoms with Crippen molar-refractivity contribution in [2.45, 2.75) is 20.4 Å². The lowest BCUT2D eigenvalue weighted by atomic mass is 10.1. The number of hydrogen-bond donors (Lipinski definition) is 0. The minimum Gasteiger partial charge on any atom is -0.465 e. The SMILES string of the molecule is Bc1nn(CC(=O)OCC)c(C)c1Cl. The zero-order chi connectivity index (χ0) is 10.7. The molecular formula is C8H12BClN2O2. The van der Waals surface area contributed by atoms with E-state index in [1.165, 1.54) is 0 Å². The summed E-state index contributed by atoms with van der Waals surface area (Å²) in [5.41, 5.74) is 1.52. The quantitative estimate of drug-likeness (QED) is 0.511. The standard InChI is InChI=1S/C8H12BClN2O2/c1-3-14-6(13)4-12-5(2)7(10)8(9)11-12/h3-4,9H2,1-2H3. The predicted molar refractivity (Wildman–Crippen MR) is 56.8 cm³/mol. The molecule has 4 nitrogen and oxygen atoms in total. The van der Waals surface area contributed by atoms with E-state index in [1.54, 1.807) is 19.5 Å². The molecule has 1 heterocycles. The molecule has 14 heavy (non-hydrogen) atoms. The Balaban J connectivity index is 2.77. The van der Waals surface area contributed by atoms with Gasteiger partial charge in [0.25, 0.3) is 0 Å². The zero-order valence-corrected chi connectivity index (χ0v) is 9.26. The molecule has 0 amide bonds. The molecule has 0 saturated carbocycles. The van der Waals surface area contributed by atoms with E-state index in [0.29, 0.717) is 11.6 Å². The zero-order valence-electron chi connectivity index (χ0n) is 8.50. The number of aromatic nitrogens is 2. The van der Waals surface area contributed by atoms with Crippen LogP contribution in [0.3, 0.4) is 0 Å². The van der Waals surface area contributed by atoms with Crippen molar-refractivity contribution in [2.75, 3.05) is 6.61 Å². The Kier molecular flexibility index (Phi) is 3.58. The third-order valence-electron chi connectivity index (χ3n) is 1.88. The summed E-state index contributed by atoms with van der Waals surface area (Å²) in [5.74, 6) is -0.297. The van der Waals surface area contributed by atoms with Crippen molar-refractivity contribution in [2.24, 2.45) is 0 Å². The van der Waals surface area contributed by atoms with Crippen LogP contribution in [-0.2, 0) is 16.1 Å². The summed E-state index contributed by atoms with van der Waals surface area (Å²) >= 11 is 5.92. The monoisotopic (exact) mass is 214 g/mol. The molecule has 0 saturated heterocycles. The second-order valence-corrected chi connectivity index (χ2v) is 3.33. The van der Waals surface area contributed by atoms with E-state index in [2.05, 4.69) is 5.10 Å². The van der Waals surface area contributed by atoms with Crippen LogP contribution in [0.15, 0.2) is 0 Å². The molecule has 1 aromatic heterocycles. The van der Waals surface area contributed by atoms with E-state index in [-0.39, 0.29) is 12.5 Å². The van der Waals surface area contributed by atoms with Crippen molar-refractivity contribution in [1.29, 1.82) is 0 Å². The van der Waals surface area contributed by atoms with Crippen molar-refractivity contribution < 1.29 is 9.53 Å². The topological polar surface area (TPSA) is 44.1 Å². The second-order valence-electron chi connectivity index (χ2n) is 2.95. The molecule has 0 spiro atoms. The Bertz CT molecular complexity index is 351. The summed E-state index contributed by atoms with van der Waals surface area (Å²) in [7, 11) is 1.80. The Morgan fingerprint density at radius 1 is 1.71 bits per heavy atom. The Morgan fingerprint density at radius 2 is 2.36 bits per heavy atom. The van der Waals surface area contributed by atoms with Crippen LogP contribution < -0.4 is 5.59 Å². The third kappa shape index (κ3) is 2.29. The van der Waals surface area contributed by atoms with Gasteiger partial charge in [0, 0.05) is 5.59 Å². The first-order valence-electron chi connectivity index (χ1n) is 4.41. The van der Waals surface area contributed by atoms with E-state index in [9.17, 15) is 4.79 Å². The largest absolute Gasteiger partial charge is 0.465 e. The minimum absolute atomic E-state index is 0.118. The molecule has 0 aromatic carbocycles. The van der Waals surface area contributed by atoms with Crippen molar-refractivity contribution in [3.8, 4) is 0 Å². The van der Waals surface area contributed by atoms with Gasteiger partial charge in [-0.25, -0.2) is 0 Å². The highest BCUT2D eigenvalue weighted by Gasteiger charge is 2.11. The van der Waals surface area contributed by atoms with Gasteiger partial charge in [0.15, 0.2) is 7.85 Å². The highest BCUT2D eigenvalue weighted by Crippen LogP contribution is 2.10. The van der Waals surface area contributed by atoms with Gasteiger partial charge in [-0.05, 0) is 13.8 Å². The number of nitrogens with zero attached hydrogens (tertiary/aromatic N) is 2. The predicted octanol–water partition coefficient (Wildman–Crippen LogP) is -0.334. The lowest BCUT2D eigenvalue weighted by molar-refractivity contribution is -0.144. The molecule has 1 rings (SSSR count). The fraction of sp³-hybridized carbons (Fsp3) is 0.500.